The van der Waals surface area contributed by atoms with Crippen LogP contribution in [0.5, 0.6) is 0 Å². The van der Waals surface area contributed by atoms with Gasteiger partial charge in [-0.1, -0.05) is 48.0 Å². The maximum atomic E-state index is 12.1. The van der Waals surface area contributed by atoms with Crippen LogP contribution in [0.4, 0.5) is 0 Å². The molecule has 1 fully saturated rings. The highest BCUT2D eigenvalue weighted by Gasteiger charge is 2.24. The van der Waals surface area contributed by atoms with Crippen molar-refractivity contribution >= 4 is 34.2 Å². The Morgan fingerprint density at radius 3 is 2.17 bits per heavy atom. The molecule has 2 aromatic carbocycles. The third-order valence-electron chi connectivity index (χ3n) is 3.80. The summed E-state index contributed by atoms with van der Waals surface area (Å²) < 4.78 is 25.0. The zero-order valence-electron chi connectivity index (χ0n) is 12.7. The summed E-state index contributed by atoms with van der Waals surface area (Å²) in [5.74, 6) is -0.227. The van der Waals surface area contributed by atoms with Gasteiger partial charge in [0.05, 0.1) is 12.4 Å². The fourth-order valence-electron chi connectivity index (χ4n) is 2.70. The third-order valence-corrected chi connectivity index (χ3v) is 4.63. The summed E-state index contributed by atoms with van der Waals surface area (Å²) in [5, 5.41) is 0.623. The van der Waals surface area contributed by atoms with Crippen LogP contribution in [0.15, 0.2) is 54.1 Å². The maximum absolute atomic E-state index is 12.1. The van der Waals surface area contributed by atoms with E-state index in [9.17, 15) is 9.00 Å². The molecule has 0 spiro atoms. The van der Waals surface area contributed by atoms with Crippen molar-refractivity contribution in [3.63, 3.8) is 0 Å². The number of esters is 1. The van der Waals surface area contributed by atoms with E-state index in [2.05, 4.69) is 0 Å². The fourth-order valence-corrected chi connectivity index (χ4v) is 3.31. The van der Waals surface area contributed by atoms with Crippen LogP contribution in [0, 0.1) is 0 Å². The van der Waals surface area contributed by atoms with E-state index in [1.807, 2.05) is 24.3 Å². The first-order valence-electron chi connectivity index (χ1n) is 7.37. The molecule has 6 heteroatoms. The van der Waals surface area contributed by atoms with Gasteiger partial charge in [0.1, 0.15) is 0 Å². The molecule has 1 heterocycles. The molecule has 124 valence electrons. The van der Waals surface area contributed by atoms with Crippen molar-refractivity contribution in [2.75, 3.05) is 6.61 Å². The monoisotopic (exact) mass is 362 g/mol. The maximum Gasteiger partial charge on any atom is 0.334 e. The average molecular weight is 363 g/mol. The summed E-state index contributed by atoms with van der Waals surface area (Å²) in [5.41, 5.74) is 3.95. The molecule has 1 N–H and O–H groups in total. The lowest BCUT2D eigenvalue weighted by molar-refractivity contribution is -0.135. The molecular formula is C18H15ClO4S. The molecule has 0 amide bonds. The van der Waals surface area contributed by atoms with E-state index in [1.54, 1.807) is 24.3 Å². The zero-order valence-corrected chi connectivity index (χ0v) is 14.3. The second kappa shape index (κ2) is 7.30. The minimum atomic E-state index is -1.88. The molecular weight excluding hydrogens is 348 g/mol. The first kappa shape index (κ1) is 16.9. The molecule has 0 bridgehead atoms. The van der Waals surface area contributed by atoms with Gasteiger partial charge in [-0.25, -0.2) is 9.00 Å². The third kappa shape index (κ3) is 3.75. The minimum Gasteiger partial charge on any atom is -0.462 e. The van der Waals surface area contributed by atoms with E-state index in [0.29, 0.717) is 23.6 Å². The van der Waals surface area contributed by atoms with Gasteiger partial charge in [-0.2, -0.15) is 0 Å². The number of cyclic esters (lactones) is 1. The van der Waals surface area contributed by atoms with Crippen LogP contribution in [-0.4, -0.2) is 21.3 Å². The number of halogens is 1. The van der Waals surface area contributed by atoms with Crippen molar-refractivity contribution in [2.24, 2.45) is 0 Å². The van der Waals surface area contributed by atoms with Gasteiger partial charge in [-0.3, -0.25) is 0 Å². The summed E-state index contributed by atoms with van der Waals surface area (Å²) in [6.45, 7) is 0.382. The van der Waals surface area contributed by atoms with Gasteiger partial charge in [0, 0.05) is 17.0 Å². The Labute approximate surface area is 147 Å². The molecule has 0 aliphatic carbocycles. The summed E-state index contributed by atoms with van der Waals surface area (Å²) in [6.07, 6.45) is 0.555. The largest absolute Gasteiger partial charge is 0.462 e. The minimum absolute atomic E-state index is 0.0785. The molecule has 1 saturated heterocycles. The van der Waals surface area contributed by atoms with Crippen molar-refractivity contribution in [1.29, 1.82) is 0 Å². The Kier molecular flexibility index (Phi) is 5.14. The predicted octanol–water partition coefficient (Wildman–Crippen LogP) is 3.81. The Morgan fingerprint density at radius 1 is 1.08 bits per heavy atom. The summed E-state index contributed by atoms with van der Waals surface area (Å²) in [7, 11) is 0. The molecule has 1 atom stereocenters. The van der Waals surface area contributed by atoms with Crippen molar-refractivity contribution in [3.05, 3.63) is 75.8 Å². The number of rotatable bonds is 4. The lowest BCUT2D eigenvalue weighted by atomic mass is 9.92. The van der Waals surface area contributed by atoms with Crippen LogP contribution in [0.3, 0.4) is 0 Å². The quantitative estimate of drug-likeness (QED) is 0.510. The molecule has 4 nitrogen and oxygen atoms in total. The molecule has 24 heavy (non-hydrogen) atoms. The SMILES string of the molecule is O=C1OCC/C1=C(/c1ccc(Cl)cc1)c1ccc(CS(=O)O)cc1. The molecule has 0 saturated carbocycles. The van der Waals surface area contributed by atoms with E-state index >= 15 is 0 Å². The number of hydrogen-bond donors (Lipinski definition) is 1. The van der Waals surface area contributed by atoms with Crippen molar-refractivity contribution in [3.8, 4) is 0 Å². The van der Waals surface area contributed by atoms with Gasteiger partial charge in [0.15, 0.2) is 11.1 Å². The number of hydrogen-bond acceptors (Lipinski definition) is 3. The second-order valence-corrected chi connectivity index (χ2v) is 6.78. The van der Waals surface area contributed by atoms with Crippen LogP contribution in [0.2, 0.25) is 5.02 Å². The molecule has 1 aliphatic rings. The molecule has 1 unspecified atom stereocenters. The predicted molar refractivity (Wildman–Crippen MR) is 94.0 cm³/mol. The van der Waals surface area contributed by atoms with Crippen LogP contribution in [-0.2, 0) is 26.4 Å². The standard InChI is InChI=1S/C18H15ClO4S/c19-15-7-5-14(6-8-15)17(16-9-10-23-18(16)20)13-3-1-12(2-4-13)11-24(21)22/h1-8H,9-11H2,(H,21,22)/b17-16-. The molecule has 3 rings (SSSR count). The summed E-state index contributed by atoms with van der Waals surface area (Å²) in [4.78, 5) is 12.1. The summed E-state index contributed by atoms with van der Waals surface area (Å²) in [6, 6.07) is 14.6. The molecule has 1 aliphatic heterocycles. The van der Waals surface area contributed by atoms with Gasteiger partial charge in [-0.05, 0) is 34.4 Å². The molecule has 2 aromatic rings. The topological polar surface area (TPSA) is 63.6 Å². The summed E-state index contributed by atoms with van der Waals surface area (Å²) >= 11 is 4.08. The van der Waals surface area contributed by atoms with Crippen LogP contribution in [0.1, 0.15) is 23.1 Å². The Balaban J connectivity index is 2.07. The number of carbonyl (C=O) groups excluding carboxylic acids is 1. The van der Waals surface area contributed by atoms with Crippen molar-refractivity contribution in [2.45, 2.75) is 12.2 Å². The second-order valence-electron chi connectivity index (χ2n) is 5.41. The highest BCUT2D eigenvalue weighted by molar-refractivity contribution is 7.78. The zero-order chi connectivity index (χ0) is 17.1. The first-order valence-corrected chi connectivity index (χ1v) is 9.03. The molecule has 0 radical (unpaired) electrons. The Hall–Kier alpha value is -1.95. The fraction of sp³-hybridized carbons (Fsp3) is 0.167. The normalized spacial score (nSPS) is 17.5. The first-order chi connectivity index (χ1) is 11.5. The van der Waals surface area contributed by atoms with E-state index in [4.69, 9.17) is 20.9 Å². The van der Waals surface area contributed by atoms with Crippen LogP contribution in [0.25, 0.3) is 5.57 Å². The highest BCUT2D eigenvalue weighted by Crippen LogP contribution is 2.32. The van der Waals surface area contributed by atoms with Crippen LogP contribution >= 0.6 is 11.6 Å². The average Bonchev–Trinajstić information content (AvgIpc) is 2.97. The lowest BCUT2D eigenvalue weighted by Crippen LogP contribution is -2.01. The number of ether oxygens (including phenoxy) is 1. The van der Waals surface area contributed by atoms with E-state index in [1.165, 1.54) is 0 Å². The lowest BCUT2D eigenvalue weighted by Gasteiger charge is -2.12. The van der Waals surface area contributed by atoms with Crippen LogP contribution < -0.4 is 0 Å². The van der Waals surface area contributed by atoms with Gasteiger partial charge >= 0.3 is 5.97 Å². The van der Waals surface area contributed by atoms with E-state index in [0.717, 1.165) is 22.3 Å². The van der Waals surface area contributed by atoms with Gasteiger partial charge in [0.2, 0.25) is 0 Å². The van der Waals surface area contributed by atoms with Crippen molar-refractivity contribution < 1.29 is 18.3 Å². The van der Waals surface area contributed by atoms with Gasteiger partial charge in [0.25, 0.3) is 0 Å². The van der Waals surface area contributed by atoms with Crippen molar-refractivity contribution in [1.82, 2.24) is 0 Å². The molecule has 0 aromatic heterocycles. The van der Waals surface area contributed by atoms with Gasteiger partial charge < -0.3 is 9.29 Å². The number of carbonyl (C=O) groups is 1. The van der Waals surface area contributed by atoms with E-state index in [-0.39, 0.29) is 11.7 Å². The number of benzene rings is 2. The smallest absolute Gasteiger partial charge is 0.334 e. The van der Waals surface area contributed by atoms with Gasteiger partial charge in [-0.15, -0.1) is 0 Å². The Morgan fingerprint density at radius 2 is 1.67 bits per heavy atom. The van der Waals surface area contributed by atoms with E-state index < -0.39 is 11.1 Å². The Bertz CT molecular complexity index is 810. The highest BCUT2D eigenvalue weighted by atomic mass is 35.5.